The van der Waals surface area contributed by atoms with E-state index in [1.807, 2.05) is 36.2 Å². The van der Waals surface area contributed by atoms with Crippen molar-refractivity contribution in [1.82, 2.24) is 9.80 Å². The van der Waals surface area contributed by atoms with Crippen LogP contribution in [0, 0.1) is 0 Å². The molecular weight excluding hydrogens is 214 g/mol. The van der Waals surface area contributed by atoms with Crippen molar-refractivity contribution in [2.45, 2.75) is 19.4 Å². The van der Waals surface area contributed by atoms with Gasteiger partial charge in [-0.05, 0) is 24.5 Å². The van der Waals surface area contributed by atoms with Crippen LogP contribution in [0.1, 0.15) is 18.4 Å². The van der Waals surface area contributed by atoms with Gasteiger partial charge in [-0.1, -0.05) is 18.2 Å². The lowest BCUT2D eigenvalue weighted by atomic mass is 10.2. The van der Waals surface area contributed by atoms with Gasteiger partial charge in [-0.25, -0.2) is 4.79 Å². The maximum atomic E-state index is 12.1. The zero-order valence-electron chi connectivity index (χ0n) is 10.2. The molecule has 92 valence electrons. The van der Waals surface area contributed by atoms with Crippen molar-refractivity contribution in [3.05, 3.63) is 29.8 Å². The fourth-order valence-corrected chi connectivity index (χ4v) is 2.15. The van der Waals surface area contributed by atoms with Crippen LogP contribution in [-0.4, -0.2) is 36.0 Å². The summed E-state index contributed by atoms with van der Waals surface area (Å²) in [5.74, 6) is 0. The predicted molar refractivity (Wildman–Crippen MR) is 68.5 cm³/mol. The maximum absolute atomic E-state index is 12.1. The Bertz CT molecular complexity index is 399. The Morgan fingerprint density at radius 2 is 2.00 bits per heavy atom. The third-order valence-corrected chi connectivity index (χ3v) is 3.17. The minimum atomic E-state index is 0.103. The Morgan fingerprint density at radius 1 is 1.35 bits per heavy atom. The molecule has 0 aromatic heterocycles. The van der Waals surface area contributed by atoms with Crippen molar-refractivity contribution < 1.29 is 4.79 Å². The molecule has 0 spiro atoms. The van der Waals surface area contributed by atoms with E-state index in [9.17, 15) is 4.79 Å². The van der Waals surface area contributed by atoms with Crippen LogP contribution in [0.5, 0.6) is 0 Å². The molecule has 1 saturated heterocycles. The van der Waals surface area contributed by atoms with E-state index in [-0.39, 0.29) is 6.03 Å². The SMILES string of the molecule is CN(Cc1ccccc1N)C(=O)N1CCCC1. The first-order chi connectivity index (χ1) is 8.18. The molecule has 2 amide bonds. The summed E-state index contributed by atoms with van der Waals surface area (Å²) in [6.45, 7) is 2.34. The molecule has 1 aromatic carbocycles. The molecule has 0 saturated carbocycles. The van der Waals surface area contributed by atoms with Crippen molar-refractivity contribution >= 4 is 11.7 Å². The van der Waals surface area contributed by atoms with Gasteiger partial charge >= 0.3 is 6.03 Å². The summed E-state index contributed by atoms with van der Waals surface area (Å²) in [6.07, 6.45) is 2.24. The Labute approximate surface area is 102 Å². The smallest absolute Gasteiger partial charge is 0.320 e. The highest BCUT2D eigenvalue weighted by molar-refractivity contribution is 5.74. The summed E-state index contributed by atoms with van der Waals surface area (Å²) >= 11 is 0. The van der Waals surface area contributed by atoms with Gasteiger partial charge in [0.1, 0.15) is 0 Å². The van der Waals surface area contributed by atoms with Gasteiger partial charge in [0.15, 0.2) is 0 Å². The molecule has 1 heterocycles. The van der Waals surface area contributed by atoms with Crippen molar-refractivity contribution in [1.29, 1.82) is 0 Å². The first-order valence-electron chi connectivity index (χ1n) is 6.02. The molecule has 0 aliphatic carbocycles. The number of amides is 2. The van der Waals surface area contributed by atoms with E-state index < -0.39 is 0 Å². The summed E-state index contributed by atoms with van der Waals surface area (Å²) < 4.78 is 0. The minimum Gasteiger partial charge on any atom is -0.398 e. The summed E-state index contributed by atoms with van der Waals surface area (Å²) in [7, 11) is 1.83. The third kappa shape index (κ3) is 2.70. The van der Waals surface area contributed by atoms with Crippen LogP contribution >= 0.6 is 0 Å². The Balaban J connectivity index is 1.99. The quantitative estimate of drug-likeness (QED) is 0.793. The zero-order valence-corrected chi connectivity index (χ0v) is 10.2. The lowest BCUT2D eigenvalue weighted by Gasteiger charge is -2.24. The molecular formula is C13H19N3O. The van der Waals surface area contributed by atoms with Crippen LogP contribution in [0.2, 0.25) is 0 Å². The molecule has 1 aromatic rings. The number of anilines is 1. The fraction of sp³-hybridized carbons (Fsp3) is 0.462. The first-order valence-corrected chi connectivity index (χ1v) is 6.02. The number of para-hydroxylation sites is 1. The van der Waals surface area contributed by atoms with Crippen LogP contribution in [0.15, 0.2) is 24.3 Å². The second-order valence-corrected chi connectivity index (χ2v) is 4.53. The normalized spacial score (nSPS) is 15.0. The second-order valence-electron chi connectivity index (χ2n) is 4.53. The van der Waals surface area contributed by atoms with Gasteiger partial charge < -0.3 is 15.5 Å². The fourth-order valence-electron chi connectivity index (χ4n) is 2.15. The molecule has 0 atom stereocenters. The summed E-state index contributed by atoms with van der Waals surface area (Å²) in [4.78, 5) is 15.7. The lowest BCUT2D eigenvalue weighted by molar-refractivity contribution is 0.171. The van der Waals surface area contributed by atoms with Crippen LogP contribution in [0.4, 0.5) is 10.5 Å². The van der Waals surface area contributed by atoms with E-state index in [0.717, 1.165) is 37.2 Å². The van der Waals surface area contributed by atoms with Crippen LogP contribution < -0.4 is 5.73 Å². The molecule has 1 aliphatic heterocycles. The van der Waals surface area contributed by atoms with Crippen molar-refractivity contribution in [3.63, 3.8) is 0 Å². The van der Waals surface area contributed by atoms with Gasteiger partial charge in [0, 0.05) is 32.4 Å². The molecule has 0 bridgehead atoms. The largest absolute Gasteiger partial charge is 0.398 e. The number of rotatable bonds is 2. The topological polar surface area (TPSA) is 49.6 Å². The highest BCUT2D eigenvalue weighted by Crippen LogP contribution is 2.15. The zero-order chi connectivity index (χ0) is 12.3. The number of nitrogen functional groups attached to an aromatic ring is 1. The lowest BCUT2D eigenvalue weighted by Crippen LogP contribution is -2.39. The number of carbonyl (C=O) groups is 1. The van der Waals surface area contributed by atoms with Crippen LogP contribution in [-0.2, 0) is 6.54 Å². The molecule has 4 heteroatoms. The molecule has 1 fully saturated rings. The van der Waals surface area contributed by atoms with Crippen molar-refractivity contribution in [2.24, 2.45) is 0 Å². The minimum absolute atomic E-state index is 0.103. The Kier molecular flexibility index (Phi) is 3.52. The van der Waals surface area contributed by atoms with E-state index in [1.165, 1.54) is 0 Å². The Morgan fingerprint density at radius 3 is 2.65 bits per heavy atom. The van der Waals surface area contributed by atoms with E-state index in [1.54, 1.807) is 4.90 Å². The Hall–Kier alpha value is -1.71. The number of carbonyl (C=O) groups excluding carboxylic acids is 1. The maximum Gasteiger partial charge on any atom is 0.320 e. The summed E-state index contributed by atoms with van der Waals surface area (Å²) in [5, 5.41) is 0. The van der Waals surface area contributed by atoms with Gasteiger partial charge in [0.05, 0.1) is 0 Å². The number of hydrogen-bond donors (Lipinski definition) is 1. The summed E-state index contributed by atoms with van der Waals surface area (Å²) in [5.41, 5.74) is 7.62. The molecule has 1 aliphatic rings. The van der Waals surface area contributed by atoms with Gasteiger partial charge in [0.2, 0.25) is 0 Å². The van der Waals surface area contributed by atoms with E-state index in [4.69, 9.17) is 5.73 Å². The highest BCUT2D eigenvalue weighted by Gasteiger charge is 2.21. The molecule has 0 unspecified atom stereocenters. The highest BCUT2D eigenvalue weighted by atomic mass is 16.2. The molecule has 2 N–H and O–H groups in total. The monoisotopic (exact) mass is 233 g/mol. The van der Waals surface area contributed by atoms with Gasteiger partial charge in [-0.15, -0.1) is 0 Å². The van der Waals surface area contributed by atoms with Crippen molar-refractivity contribution in [2.75, 3.05) is 25.9 Å². The molecule has 17 heavy (non-hydrogen) atoms. The number of nitrogens with zero attached hydrogens (tertiary/aromatic N) is 2. The molecule has 2 rings (SSSR count). The standard InChI is InChI=1S/C13H19N3O/c1-15(13(17)16-8-4-5-9-16)10-11-6-2-3-7-12(11)14/h2-3,6-7H,4-5,8-10,14H2,1H3. The van der Waals surface area contributed by atoms with Gasteiger partial charge in [-0.3, -0.25) is 0 Å². The average Bonchev–Trinajstić information content (AvgIpc) is 2.84. The molecule has 4 nitrogen and oxygen atoms in total. The third-order valence-electron chi connectivity index (χ3n) is 3.17. The van der Waals surface area contributed by atoms with Crippen LogP contribution in [0.3, 0.4) is 0 Å². The van der Waals surface area contributed by atoms with E-state index in [0.29, 0.717) is 6.54 Å². The number of benzene rings is 1. The number of urea groups is 1. The van der Waals surface area contributed by atoms with Gasteiger partial charge in [0.25, 0.3) is 0 Å². The number of nitrogens with two attached hydrogens (primary N) is 1. The molecule has 0 radical (unpaired) electrons. The van der Waals surface area contributed by atoms with E-state index in [2.05, 4.69) is 0 Å². The summed E-state index contributed by atoms with van der Waals surface area (Å²) in [6, 6.07) is 7.78. The van der Waals surface area contributed by atoms with Crippen molar-refractivity contribution in [3.8, 4) is 0 Å². The predicted octanol–water partition coefficient (Wildman–Crippen LogP) is 1.92. The number of likely N-dealkylation sites (tertiary alicyclic amines) is 1. The first kappa shape index (κ1) is 11.8. The van der Waals surface area contributed by atoms with Crippen LogP contribution in [0.25, 0.3) is 0 Å². The second kappa shape index (κ2) is 5.08. The average molecular weight is 233 g/mol. The van der Waals surface area contributed by atoms with E-state index >= 15 is 0 Å². The van der Waals surface area contributed by atoms with Gasteiger partial charge in [-0.2, -0.15) is 0 Å². The number of hydrogen-bond acceptors (Lipinski definition) is 2.